The van der Waals surface area contributed by atoms with Crippen LogP contribution in [-0.4, -0.2) is 74.6 Å². The summed E-state index contributed by atoms with van der Waals surface area (Å²) in [5.74, 6) is 1.16. The van der Waals surface area contributed by atoms with Gasteiger partial charge >= 0.3 is 0 Å². The zero-order chi connectivity index (χ0) is 20.6. The lowest BCUT2D eigenvalue weighted by atomic mass is 9.97. The molecule has 2 fully saturated rings. The average Bonchev–Trinajstić information content (AvgIpc) is 3.21. The minimum atomic E-state index is 0. The monoisotopic (exact) mass is 408 g/mol. The average molecular weight is 409 g/mol. The van der Waals surface area contributed by atoms with Crippen LogP contribution in [0.15, 0.2) is 43.1 Å². The van der Waals surface area contributed by atoms with E-state index in [9.17, 15) is 0 Å². The highest BCUT2D eigenvalue weighted by Crippen LogP contribution is 2.29. The van der Waals surface area contributed by atoms with Crippen molar-refractivity contribution < 1.29 is 6.16 Å². The van der Waals surface area contributed by atoms with Crippen LogP contribution in [0.4, 0.5) is 17.3 Å². The lowest BCUT2D eigenvalue weighted by molar-refractivity contribution is -0.131. The van der Waals surface area contributed by atoms with Crippen molar-refractivity contribution in [2.75, 3.05) is 49.6 Å². The van der Waals surface area contributed by atoms with E-state index in [4.69, 9.17) is 4.74 Å². The van der Waals surface area contributed by atoms with Gasteiger partial charge in [-0.25, -0.2) is 4.98 Å². The van der Waals surface area contributed by atoms with E-state index in [0.29, 0.717) is 11.8 Å². The van der Waals surface area contributed by atoms with Crippen LogP contribution in [0.1, 0.15) is 13.9 Å². The molecule has 1 aromatic carbocycles. The number of hydrogen-bond acceptors (Lipinski definition) is 8. The minimum absolute atomic E-state index is 0. The topological polar surface area (TPSA) is 84.2 Å². The molecule has 9 heteroatoms. The number of nitrogens with one attached hydrogen (secondary N) is 1. The maximum absolute atomic E-state index is 5.44. The van der Waals surface area contributed by atoms with Crippen LogP contribution < -0.4 is 10.2 Å². The second-order valence-corrected chi connectivity index (χ2v) is 8.22. The molecule has 0 atom stereocenters. The Kier molecular flexibility index (Phi) is 4.84. The fourth-order valence-corrected chi connectivity index (χ4v) is 4.07. The summed E-state index contributed by atoms with van der Waals surface area (Å²) in [6.07, 6.45) is 6.55. The van der Waals surface area contributed by atoms with E-state index >= 15 is 0 Å². The van der Waals surface area contributed by atoms with Crippen molar-refractivity contribution in [3.8, 4) is 5.82 Å². The third kappa shape index (κ3) is 3.73. The minimum Gasteiger partial charge on any atom is -0.377 e. The molecule has 0 amide bonds. The summed E-state index contributed by atoms with van der Waals surface area (Å²) in [6, 6.07) is 6.51. The molecule has 0 unspecified atom stereocenters. The van der Waals surface area contributed by atoms with Gasteiger partial charge in [-0.2, -0.15) is 9.67 Å². The van der Waals surface area contributed by atoms with Gasteiger partial charge < -0.3 is 15.0 Å². The van der Waals surface area contributed by atoms with Gasteiger partial charge in [0, 0.05) is 51.4 Å². The highest BCUT2D eigenvalue weighted by Gasteiger charge is 2.40. The molecule has 0 radical (unpaired) electrons. The van der Waals surface area contributed by atoms with Gasteiger partial charge in [0.05, 0.1) is 24.9 Å². The molecule has 0 spiro atoms. The second kappa shape index (κ2) is 7.66. The first-order chi connectivity index (χ1) is 14.6. The number of piperazine rings is 1. The summed E-state index contributed by atoms with van der Waals surface area (Å²) in [5.41, 5.74) is 3.62. The summed E-state index contributed by atoms with van der Waals surface area (Å²) in [4.78, 5) is 17.7. The first-order valence-corrected chi connectivity index (χ1v) is 10.2. The SMILES string of the molecule is Cc1cc(Nc2ncn(-c3cnccn3)n2)cc(N2CCN(C3(C)COC3)CC2)c1.[HH]. The van der Waals surface area contributed by atoms with E-state index in [0.717, 1.165) is 45.1 Å². The van der Waals surface area contributed by atoms with E-state index in [1.54, 1.807) is 29.6 Å². The number of rotatable bonds is 5. The Bertz CT molecular complexity index is 1020. The predicted octanol–water partition coefficient (Wildman–Crippen LogP) is 2.27. The molecule has 3 aromatic rings. The van der Waals surface area contributed by atoms with Gasteiger partial charge in [-0.15, -0.1) is 5.10 Å². The molecule has 2 aliphatic heterocycles. The first kappa shape index (κ1) is 19.0. The Morgan fingerprint density at radius 3 is 2.60 bits per heavy atom. The van der Waals surface area contributed by atoms with Gasteiger partial charge in [-0.1, -0.05) is 0 Å². The summed E-state index contributed by atoms with van der Waals surface area (Å²) in [7, 11) is 0. The number of benzene rings is 1. The third-order valence-electron chi connectivity index (χ3n) is 5.83. The van der Waals surface area contributed by atoms with Crippen LogP contribution in [0.3, 0.4) is 0 Å². The molecule has 2 aliphatic rings. The smallest absolute Gasteiger partial charge is 0.247 e. The number of aryl methyl sites for hydroxylation is 1. The Hall–Kier alpha value is -3.04. The molecule has 0 aliphatic carbocycles. The van der Waals surface area contributed by atoms with Crippen molar-refractivity contribution in [1.82, 2.24) is 29.6 Å². The second-order valence-electron chi connectivity index (χ2n) is 8.22. The van der Waals surface area contributed by atoms with Gasteiger partial charge in [0.15, 0.2) is 5.82 Å². The van der Waals surface area contributed by atoms with Gasteiger partial charge in [0.25, 0.3) is 0 Å². The Morgan fingerprint density at radius 1 is 1.07 bits per heavy atom. The molecule has 30 heavy (non-hydrogen) atoms. The molecule has 0 bridgehead atoms. The fraction of sp³-hybridized carbons (Fsp3) is 0.429. The standard InChI is InChI=1S/C21H26N8O.H2/c1-16-9-17(25-20-24-15-29(26-20)19-12-22-3-4-23-19)11-18(10-16)27-5-7-28(8-6-27)21(2)13-30-14-21;/h3-4,9-12,15H,5-8,13-14H2,1-2H3,(H,25,26);1H. The summed E-state index contributed by atoms with van der Waals surface area (Å²) in [5, 5.41) is 7.78. The van der Waals surface area contributed by atoms with Gasteiger partial charge in [-0.3, -0.25) is 9.88 Å². The molecule has 9 nitrogen and oxygen atoms in total. The highest BCUT2D eigenvalue weighted by atomic mass is 16.5. The number of aromatic nitrogens is 5. The van der Waals surface area contributed by atoms with Crippen molar-refractivity contribution in [3.05, 3.63) is 48.7 Å². The van der Waals surface area contributed by atoms with E-state index < -0.39 is 0 Å². The van der Waals surface area contributed by atoms with Crippen molar-refractivity contribution in [2.45, 2.75) is 19.4 Å². The summed E-state index contributed by atoms with van der Waals surface area (Å²) >= 11 is 0. The lowest BCUT2D eigenvalue weighted by Crippen LogP contribution is -2.64. The Labute approximate surface area is 177 Å². The van der Waals surface area contributed by atoms with E-state index in [2.05, 4.69) is 67.2 Å². The number of hydrogen-bond donors (Lipinski definition) is 1. The molecule has 158 valence electrons. The maximum atomic E-state index is 5.44. The summed E-state index contributed by atoms with van der Waals surface area (Å²) in [6.45, 7) is 10.2. The molecule has 5 rings (SSSR count). The van der Waals surface area contributed by atoms with Crippen LogP contribution in [-0.2, 0) is 4.74 Å². The van der Waals surface area contributed by atoms with E-state index in [1.165, 1.54) is 11.3 Å². The van der Waals surface area contributed by atoms with Crippen molar-refractivity contribution >= 4 is 17.3 Å². The van der Waals surface area contributed by atoms with Gasteiger partial charge in [0.1, 0.15) is 6.33 Å². The largest absolute Gasteiger partial charge is 0.377 e. The van der Waals surface area contributed by atoms with Crippen molar-refractivity contribution in [3.63, 3.8) is 0 Å². The van der Waals surface area contributed by atoms with Crippen LogP contribution in [0, 0.1) is 6.92 Å². The molecular formula is C21H28N8O. The fourth-order valence-electron chi connectivity index (χ4n) is 4.07. The Balaban J connectivity index is 0.00000231. The summed E-state index contributed by atoms with van der Waals surface area (Å²) < 4.78 is 7.04. The lowest BCUT2D eigenvalue weighted by Gasteiger charge is -2.50. The predicted molar refractivity (Wildman–Crippen MR) is 117 cm³/mol. The normalized spacial score (nSPS) is 18.8. The molecule has 1 N–H and O–H groups in total. The molecule has 0 saturated carbocycles. The van der Waals surface area contributed by atoms with Crippen LogP contribution in [0.25, 0.3) is 5.82 Å². The number of nitrogens with zero attached hydrogens (tertiary/aromatic N) is 7. The maximum Gasteiger partial charge on any atom is 0.247 e. The zero-order valence-electron chi connectivity index (χ0n) is 17.3. The molecule has 4 heterocycles. The van der Waals surface area contributed by atoms with Gasteiger partial charge in [0.2, 0.25) is 5.95 Å². The zero-order valence-corrected chi connectivity index (χ0v) is 17.3. The first-order valence-electron chi connectivity index (χ1n) is 10.2. The number of anilines is 3. The highest BCUT2D eigenvalue weighted by molar-refractivity contribution is 5.64. The van der Waals surface area contributed by atoms with Crippen LogP contribution >= 0.6 is 0 Å². The Morgan fingerprint density at radius 2 is 1.90 bits per heavy atom. The third-order valence-corrected chi connectivity index (χ3v) is 5.83. The van der Waals surface area contributed by atoms with Gasteiger partial charge in [-0.05, 0) is 37.6 Å². The van der Waals surface area contributed by atoms with E-state index in [-0.39, 0.29) is 6.97 Å². The van der Waals surface area contributed by atoms with Crippen molar-refractivity contribution in [1.29, 1.82) is 0 Å². The molecule has 2 aromatic heterocycles. The van der Waals surface area contributed by atoms with Crippen LogP contribution in [0.2, 0.25) is 0 Å². The van der Waals surface area contributed by atoms with Crippen LogP contribution in [0.5, 0.6) is 0 Å². The quantitative estimate of drug-likeness (QED) is 0.688. The number of ether oxygens (including phenoxy) is 1. The van der Waals surface area contributed by atoms with E-state index in [1.807, 2.05) is 0 Å². The van der Waals surface area contributed by atoms with Crippen molar-refractivity contribution in [2.24, 2.45) is 0 Å². The molecular weight excluding hydrogens is 380 g/mol. The molecule has 2 saturated heterocycles.